The summed E-state index contributed by atoms with van der Waals surface area (Å²) in [6, 6.07) is 3.28. The van der Waals surface area contributed by atoms with Gasteiger partial charge in [0.1, 0.15) is 5.69 Å². The quantitative estimate of drug-likeness (QED) is 0.779. The Morgan fingerprint density at radius 2 is 2.00 bits per heavy atom. The predicted octanol–water partition coefficient (Wildman–Crippen LogP) is 2.06. The van der Waals surface area contributed by atoms with Crippen molar-refractivity contribution < 1.29 is 9.59 Å². The minimum atomic E-state index is -0.302. The number of pyridine rings is 1. The van der Waals surface area contributed by atoms with E-state index in [2.05, 4.69) is 25.6 Å². The van der Waals surface area contributed by atoms with Gasteiger partial charge in [0.2, 0.25) is 5.95 Å². The average Bonchev–Trinajstić information content (AvgIpc) is 2.97. The van der Waals surface area contributed by atoms with E-state index in [1.807, 2.05) is 13.8 Å². The van der Waals surface area contributed by atoms with E-state index >= 15 is 0 Å². The molecule has 1 amide bonds. The fraction of sp³-hybridized carbons (Fsp3) is 0.333. The number of aromatic amines is 1. The first-order chi connectivity index (χ1) is 11.9. The van der Waals surface area contributed by atoms with Gasteiger partial charge in [-0.3, -0.25) is 19.9 Å². The molecule has 25 heavy (non-hydrogen) atoms. The molecule has 0 saturated carbocycles. The van der Waals surface area contributed by atoms with Crippen molar-refractivity contribution in [2.75, 3.05) is 5.32 Å². The van der Waals surface area contributed by atoms with Gasteiger partial charge in [0, 0.05) is 41.2 Å². The molecular weight excluding hydrogens is 318 g/mol. The van der Waals surface area contributed by atoms with E-state index in [0.29, 0.717) is 30.8 Å². The van der Waals surface area contributed by atoms with Crippen LogP contribution in [0.2, 0.25) is 0 Å². The molecule has 7 heteroatoms. The Bertz CT molecular complexity index is 895. The third-order valence-corrected chi connectivity index (χ3v) is 4.52. The molecule has 2 aromatic rings. The minimum Gasteiger partial charge on any atom is -0.378 e. The zero-order valence-electron chi connectivity index (χ0n) is 14.1. The lowest BCUT2D eigenvalue weighted by Crippen LogP contribution is -2.45. The molecule has 4 rings (SSSR count). The SMILES string of the molecule is CC1(C)CC(=O)C2=C(N1)c1nc(NC(=O)c3ccncc3)[nH]c1CC2. The van der Waals surface area contributed by atoms with Crippen LogP contribution < -0.4 is 10.6 Å². The van der Waals surface area contributed by atoms with Crippen molar-refractivity contribution in [1.82, 2.24) is 20.3 Å². The van der Waals surface area contributed by atoms with Crippen LogP contribution in [-0.4, -0.2) is 32.2 Å². The van der Waals surface area contributed by atoms with Gasteiger partial charge >= 0.3 is 0 Å². The van der Waals surface area contributed by atoms with Crippen molar-refractivity contribution in [2.24, 2.45) is 0 Å². The van der Waals surface area contributed by atoms with Crippen molar-refractivity contribution in [1.29, 1.82) is 0 Å². The number of hydrogen-bond donors (Lipinski definition) is 3. The van der Waals surface area contributed by atoms with Crippen molar-refractivity contribution >= 4 is 23.3 Å². The van der Waals surface area contributed by atoms with Gasteiger partial charge in [0.15, 0.2) is 5.78 Å². The number of anilines is 1. The summed E-state index contributed by atoms with van der Waals surface area (Å²) in [7, 11) is 0. The number of aryl methyl sites for hydroxylation is 1. The van der Waals surface area contributed by atoms with Crippen molar-refractivity contribution in [3.63, 3.8) is 0 Å². The van der Waals surface area contributed by atoms with Gasteiger partial charge in [-0.05, 0) is 38.8 Å². The van der Waals surface area contributed by atoms with E-state index in [1.54, 1.807) is 24.5 Å². The number of fused-ring (bicyclic) bond motifs is 2. The number of nitrogens with one attached hydrogen (secondary N) is 3. The van der Waals surface area contributed by atoms with Gasteiger partial charge in [-0.1, -0.05) is 0 Å². The molecule has 1 aliphatic heterocycles. The summed E-state index contributed by atoms with van der Waals surface area (Å²) in [5.74, 6) is 0.309. The monoisotopic (exact) mass is 337 g/mol. The number of allylic oxidation sites excluding steroid dienone is 1. The molecule has 0 fully saturated rings. The lowest BCUT2D eigenvalue weighted by Gasteiger charge is -2.35. The normalized spacial score (nSPS) is 18.2. The molecule has 3 N–H and O–H groups in total. The second-order valence-electron chi connectivity index (χ2n) is 7.06. The molecule has 128 valence electrons. The summed E-state index contributed by atoms with van der Waals surface area (Å²) in [5.41, 5.74) is 3.48. The first-order valence-electron chi connectivity index (χ1n) is 8.28. The fourth-order valence-electron chi connectivity index (χ4n) is 3.36. The van der Waals surface area contributed by atoms with Gasteiger partial charge in [0.25, 0.3) is 5.91 Å². The van der Waals surface area contributed by atoms with E-state index in [0.717, 1.165) is 22.7 Å². The molecule has 0 aromatic carbocycles. The molecule has 0 spiro atoms. The van der Waals surface area contributed by atoms with Crippen molar-refractivity contribution in [3.05, 3.63) is 47.1 Å². The summed E-state index contributed by atoms with van der Waals surface area (Å²) < 4.78 is 0. The summed E-state index contributed by atoms with van der Waals surface area (Å²) >= 11 is 0. The van der Waals surface area contributed by atoms with Crippen LogP contribution >= 0.6 is 0 Å². The van der Waals surface area contributed by atoms with E-state index in [4.69, 9.17) is 0 Å². The number of ketones is 1. The summed E-state index contributed by atoms with van der Waals surface area (Å²) in [4.78, 5) is 36.3. The third-order valence-electron chi connectivity index (χ3n) is 4.52. The Balaban J connectivity index is 1.64. The number of amides is 1. The maximum Gasteiger partial charge on any atom is 0.258 e. The van der Waals surface area contributed by atoms with Crippen LogP contribution in [0, 0.1) is 0 Å². The largest absolute Gasteiger partial charge is 0.378 e. The Hall–Kier alpha value is -2.96. The molecule has 7 nitrogen and oxygen atoms in total. The zero-order chi connectivity index (χ0) is 17.6. The molecule has 0 bridgehead atoms. The lowest BCUT2D eigenvalue weighted by atomic mass is 9.83. The second kappa shape index (κ2) is 5.54. The molecule has 0 unspecified atom stereocenters. The zero-order valence-corrected chi connectivity index (χ0v) is 14.1. The molecule has 2 aromatic heterocycles. The van der Waals surface area contributed by atoms with Gasteiger partial charge in [-0.25, -0.2) is 4.98 Å². The third kappa shape index (κ3) is 2.82. The maximum atomic E-state index is 12.4. The van der Waals surface area contributed by atoms with Gasteiger partial charge < -0.3 is 10.3 Å². The number of imidazole rings is 1. The van der Waals surface area contributed by atoms with Crippen LogP contribution in [0.4, 0.5) is 5.95 Å². The van der Waals surface area contributed by atoms with Crippen LogP contribution in [-0.2, 0) is 11.2 Å². The highest BCUT2D eigenvalue weighted by Crippen LogP contribution is 2.36. The van der Waals surface area contributed by atoms with E-state index in [-0.39, 0.29) is 17.2 Å². The first-order valence-corrected chi connectivity index (χ1v) is 8.28. The van der Waals surface area contributed by atoms with E-state index in [9.17, 15) is 9.59 Å². The van der Waals surface area contributed by atoms with Crippen LogP contribution in [0.3, 0.4) is 0 Å². The highest BCUT2D eigenvalue weighted by atomic mass is 16.1. The van der Waals surface area contributed by atoms with Crippen molar-refractivity contribution in [3.8, 4) is 0 Å². The Morgan fingerprint density at radius 3 is 2.76 bits per heavy atom. The molecule has 3 heterocycles. The predicted molar refractivity (Wildman–Crippen MR) is 92.9 cm³/mol. The number of carbonyl (C=O) groups excluding carboxylic acids is 2. The number of nitrogens with zero attached hydrogens (tertiary/aromatic N) is 2. The lowest BCUT2D eigenvalue weighted by molar-refractivity contribution is -0.117. The number of rotatable bonds is 2. The summed E-state index contributed by atoms with van der Waals surface area (Å²) in [6.07, 6.45) is 5.01. The maximum absolute atomic E-state index is 12.4. The van der Waals surface area contributed by atoms with Crippen LogP contribution in [0.5, 0.6) is 0 Å². The molecule has 0 radical (unpaired) electrons. The molecular formula is C18H19N5O2. The van der Waals surface area contributed by atoms with E-state index < -0.39 is 0 Å². The van der Waals surface area contributed by atoms with Crippen LogP contribution in [0.1, 0.15) is 48.4 Å². The van der Waals surface area contributed by atoms with Gasteiger partial charge in [0.05, 0.1) is 5.70 Å². The van der Waals surface area contributed by atoms with Gasteiger partial charge in [-0.15, -0.1) is 0 Å². The number of hydrogen-bond acceptors (Lipinski definition) is 5. The Labute approximate surface area is 145 Å². The topological polar surface area (TPSA) is 99.8 Å². The van der Waals surface area contributed by atoms with Gasteiger partial charge in [-0.2, -0.15) is 0 Å². The standard InChI is InChI=1S/C18H19N5O2/c1-18(2)9-13(24)11-3-4-12-15(14(11)23-18)21-17(20-12)22-16(25)10-5-7-19-8-6-10/h5-8,23H,3-4,9H2,1-2H3,(H2,20,21,22,25). The number of carbonyl (C=O) groups is 2. The summed E-state index contributed by atoms with van der Waals surface area (Å²) in [6.45, 7) is 4.00. The molecule has 0 saturated heterocycles. The highest BCUT2D eigenvalue weighted by molar-refractivity contribution is 6.06. The Kier molecular flexibility index (Phi) is 3.45. The smallest absolute Gasteiger partial charge is 0.258 e. The van der Waals surface area contributed by atoms with Crippen LogP contribution in [0.15, 0.2) is 30.1 Å². The number of H-pyrrole nitrogens is 1. The second-order valence-corrected chi connectivity index (χ2v) is 7.06. The molecule has 1 aliphatic carbocycles. The minimum absolute atomic E-state index is 0.176. The molecule has 0 atom stereocenters. The molecule has 2 aliphatic rings. The number of aromatic nitrogens is 3. The number of Topliss-reactive ketones (excluding diaryl/α,β-unsaturated/α-hetero) is 1. The fourth-order valence-corrected chi connectivity index (χ4v) is 3.36. The first kappa shape index (κ1) is 15.6. The van der Waals surface area contributed by atoms with Crippen LogP contribution in [0.25, 0.3) is 5.70 Å². The summed E-state index contributed by atoms with van der Waals surface area (Å²) in [5, 5.41) is 6.21. The Morgan fingerprint density at radius 1 is 1.24 bits per heavy atom. The average molecular weight is 337 g/mol. The van der Waals surface area contributed by atoms with Crippen molar-refractivity contribution in [2.45, 2.75) is 38.6 Å². The highest BCUT2D eigenvalue weighted by Gasteiger charge is 2.36. The van der Waals surface area contributed by atoms with E-state index in [1.165, 1.54) is 0 Å².